The monoisotopic (exact) mass is 481 g/mol. The molecule has 1 aromatic carbocycles. The SMILES string of the molecule is CC1(C)C2CN(C(=O)c3cc(C4CC4)c(OCC45CC6CC(CC(C6)C4)C5)cc3F)C(C(=O)O)C21. The minimum Gasteiger partial charge on any atom is -0.493 e. The molecule has 0 spiro atoms. The second-order valence-electron chi connectivity index (χ2n) is 13.5. The standard InChI is InChI=1S/C29H36FNO4/c1-28(2)21-13-31(25(24(21)28)27(33)34)26(32)20-8-19(18-3-4-18)23(9-22(20)30)35-14-29-10-15-5-16(11-29)7-17(6-15)12-29/h8-9,15-18,21,24-25H,3-7,10-14H2,1-2H3,(H,33,34). The molecule has 4 bridgehead atoms. The fraction of sp³-hybridized carbons (Fsp3) is 0.724. The summed E-state index contributed by atoms with van der Waals surface area (Å²) in [4.78, 5) is 26.9. The van der Waals surface area contributed by atoms with Crippen LogP contribution in [0.1, 0.15) is 87.1 Å². The fourth-order valence-corrected chi connectivity index (χ4v) is 9.20. The summed E-state index contributed by atoms with van der Waals surface area (Å²) < 4.78 is 21.8. The maximum Gasteiger partial charge on any atom is 0.326 e. The molecule has 188 valence electrons. The summed E-state index contributed by atoms with van der Waals surface area (Å²) in [5.74, 6) is 1.44. The molecular formula is C29H36FNO4. The Labute approximate surface area is 206 Å². The van der Waals surface area contributed by atoms with Crippen molar-refractivity contribution in [2.75, 3.05) is 13.2 Å². The first-order valence-corrected chi connectivity index (χ1v) is 13.7. The van der Waals surface area contributed by atoms with Crippen molar-refractivity contribution in [3.63, 3.8) is 0 Å². The number of rotatable bonds is 6. The third-order valence-electron chi connectivity index (χ3n) is 10.8. The number of likely N-dealkylation sites (tertiary alicyclic amines) is 1. The van der Waals surface area contributed by atoms with E-state index in [1.165, 1.54) is 49.5 Å². The number of carboxylic acid groups (broad SMARTS) is 1. The highest BCUT2D eigenvalue weighted by Crippen LogP contribution is 2.65. The molecule has 3 atom stereocenters. The number of amides is 1. The highest BCUT2D eigenvalue weighted by Gasteiger charge is 2.69. The van der Waals surface area contributed by atoms with Crippen LogP contribution in [0, 0.1) is 46.2 Å². The quantitative estimate of drug-likeness (QED) is 0.584. The molecule has 1 saturated heterocycles. The van der Waals surface area contributed by atoms with Crippen LogP contribution in [0.3, 0.4) is 0 Å². The van der Waals surface area contributed by atoms with E-state index in [0.717, 1.165) is 36.2 Å². The van der Waals surface area contributed by atoms with Crippen LogP contribution >= 0.6 is 0 Å². The first kappa shape index (κ1) is 22.1. The van der Waals surface area contributed by atoms with Gasteiger partial charge in [-0.15, -0.1) is 0 Å². The fourth-order valence-electron chi connectivity index (χ4n) is 9.20. The molecule has 0 radical (unpaired) electrons. The van der Waals surface area contributed by atoms with E-state index in [1.807, 2.05) is 0 Å². The predicted molar refractivity (Wildman–Crippen MR) is 128 cm³/mol. The van der Waals surface area contributed by atoms with Crippen molar-refractivity contribution in [3.05, 3.63) is 29.1 Å². The van der Waals surface area contributed by atoms with E-state index in [4.69, 9.17) is 4.74 Å². The molecule has 1 heterocycles. The van der Waals surface area contributed by atoms with Crippen LogP contribution in [0.4, 0.5) is 4.39 Å². The van der Waals surface area contributed by atoms with E-state index in [-0.39, 0.29) is 28.2 Å². The van der Waals surface area contributed by atoms with Gasteiger partial charge in [0.05, 0.1) is 12.2 Å². The smallest absolute Gasteiger partial charge is 0.326 e. The molecule has 1 N–H and O–H groups in total. The molecule has 1 aromatic rings. The van der Waals surface area contributed by atoms with Gasteiger partial charge in [0.25, 0.3) is 5.91 Å². The van der Waals surface area contributed by atoms with Gasteiger partial charge in [0, 0.05) is 23.9 Å². The number of hydrogen-bond acceptors (Lipinski definition) is 3. The van der Waals surface area contributed by atoms with E-state index in [1.54, 1.807) is 6.07 Å². The second-order valence-corrected chi connectivity index (χ2v) is 13.5. The number of nitrogens with zero attached hydrogens (tertiary/aromatic N) is 1. The van der Waals surface area contributed by atoms with Crippen LogP contribution in [-0.4, -0.2) is 41.1 Å². The predicted octanol–water partition coefficient (Wildman–Crippen LogP) is 5.48. The largest absolute Gasteiger partial charge is 0.493 e. The van der Waals surface area contributed by atoms with Crippen LogP contribution in [0.5, 0.6) is 5.75 Å². The number of aliphatic carboxylic acids is 1. The number of benzene rings is 1. The summed E-state index contributed by atoms with van der Waals surface area (Å²) in [5.41, 5.74) is 1.08. The summed E-state index contributed by atoms with van der Waals surface area (Å²) in [6.45, 7) is 5.15. The van der Waals surface area contributed by atoms with Crippen molar-refractivity contribution < 1.29 is 23.8 Å². The third kappa shape index (κ3) is 3.37. The molecule has 6 saturated carbocycles. The summed E-state index contributed by atoms with van der Waals surface area (Å²) in [6.07, 6.45) is 9.89. The number of carbonyl (C=O) groups excluding carboxylic acids is 1. The number of carbonyl (C=O) groups is 2. The lowest BCUT2D eigenvalue weighted by atomic mass is 9.50. The summed E-state index contributed by atoms with van der Waals surface area (Å²) in [7, 11) is 0. The molecule has 3 unspecified atom stereocenters. The van der Waals surface area contributed by atoms with Crippen molar-refractivity contribution >= 4 is 11.9 Å². The molecule has 7 fully saturated rings. The number of hydrogen-bond donors (Lipinski definition) is 1. The Morgan fingerprint density at radius 2 is 1.71 bits per heavy atom. The molecule has 0 aromatic heterocycles. The van der Waals surface area contributed by atoms with Crippen LogP contribution < -0.4 is 4.74 Å². The molecule has 7 aliphatic rings. The number of carboxylic acids is 1. The van der Waals surface area contributed by atoms with Crippen LogP contribution in [-0.2, 0) is 4.79 Å². The van der Waals surface area contributed by atoms with Gasteiger partial charge >= 0.3 is 5.97 Å². The molecule has 1 aliphatic heterocycles. The normalized spacial score (nSPS) is 40.0. The van der Waals surface area contributed by atoms with Crippen LogP contribution in [0.25, 0.3) is 0 Å². The van der Waals surface area contributed by atoms with Gasteiger partial charge in [-0.05, 0) is 98.0 Å². The number of fused-ring (bicyclic) bond motifs is 1. The first-order chi connectivity index (χ1) is 16.6. The summed E-state index contributed by atoms with van der Waals surface area (Å²) in [5, 5.41) is 9.85. The zero-order chi connectivity index (χ0) is 24.3. The molecule has 35 heavy (non-hydrogen) atoms. The average Bonchev–Trinajstić information content (AvgIpc) is 3.65. The van der Waals surface area contributed by atoms with Gasteiger partial charge in [0.15, 0.2) is 0 Å². The lowest BCUT2D eigenvalue weighted by Crippen LogP contribution is -2.48. The van der Waals surface area contributed by atoms with Gasteiger partial charge in [-0.1, -0.05) is 13.8 Å². The minimum atomic E-state index is -0.991. The van der Waals surface area contributed by atoms with Gasteiger partial charge in [0.2, 0.25) is 0 Å². The lowest BCUT2D eigenvalue weighted by Gasteiger charge is -2.56. The van der Waals surface area contributed by atoms with Gasteiger partial charge in [-0.2, -0.15) is 0 Å². The Morgan fingerprint density at radius 3 is 2.29 bits per heavy atom. The highest BCUT2D eigenvalue weighted by molar-refractivity contribution is 5.98. The minimum absolute atomic E-state index is 0.000546. The topological polar surface area (TPSA) is 66.8 Å². The zero-order valence-corrected chi connectivity index (χ0v) is 20.8. The molecule has 8 rings (SSSR count). The van der Waals surface area contributed by atoms with Gasteiger partial charge in [-0.25, -0.2) is 9.18 Å². The van der Waals surface area contributed by atoms with E-state index in [2.05, 4.69) is 13.8 Å². The van der Waals surface area contributed by atoms with Gasteiger partial charge < -0.3 is 14.7 Å². The number of halogens is 1. The van der Waals surface area contributed by atoms with E-state index in [9.17, 15) is 14.7 Å². The maximum atomic E-state index is 15.4. The van der Waals surface area contributed by atoms with Crippen LogP contribution in [0.2, 0.25) is 0 Å². The van der Waals surface area contributed by atoms with E-state index in [0.29, 0.717) is 24.8 Å². The van der Waals surface area contributed by atoms with Crippen molar-refractivity contribution in [3.8, 4) is 5.75 Å². The summed E-state index contributed by atoms with van der Waals surface area (Å²) >= 11 is 0. The molecule has 6 heteroatoms. The Hall–Kier alpha value is -2.11. The Balaban J connectivity index is 1.14. The highest BCUT2D eigenvalue weighted by atomic mass is 19.1. The van der Waals surface area contributed by atoms with Gasteiger partial charge in [0.1, 0.15) is 17.6 Å². The third-order valence-corrected chi connectivity index (χ3v) is 10.8. The molecular weight excluding hydrogens is 445 g/mol. The van der Waals surface area contributed by atoms with Crippen molar-refractivity contribution in [1.29, 1.82) is 0 Å². The Morgan fingerprint density at radius 1 is 1.09 bits per heavy atom. The molecule has 6 aliphatic carbocycles. The van der Waals surface area contributed by atoms with E-state index < -0.39 is 23.7 Å². The van der Waals surface area contributed by atoms with E-state index >= 15 is 4.39 Å². The Kier molecular flexibility index (Phi) is 4.57. The summed E-state index contributed by atoms with van der Waals surface area (Å²) in [6, 6.07) is 2.22. The first-order valence-electron chi connectivity index (χ1n) is 13.7. The number of ether oxygens (including phenoxy) is 1. The molecule has 5 nitrogen and oxygen atoms in total. The maximum absolute atomic E-state index is 15.4. The van der Waals surface area contributed by atoms with Crippen molar-refractivity contribution in [2.24, 2.45) is 40.4 Å². The second kappa shape index (κ2) is 7.23. The van der Waals surface area contributed by atoms with Crippen molar-refractivity contribution in [1.82, 2.24) is 4.90 Å². The van der Waals surface area contributed by atoms with Crippen LogP contribution in [0.15, 0.2) is 12.1 Å². The molecule has 1 amide bonds. The van der Waals surface area contributed by atoms with Crippen molar-refractivity contribution in [2.45, 2.75) is 77.2 Å². The Bertz CT molecular complexity index is 1070. The zero-order valence-electron chi connectivity index (χ0n) is 20.8. The van der Waals surface area contributed by atoms with Gasteiger partial charge in [-0.3, -0.25) is 4.79 Å². The number of piperidine rings is 1. The lowest BCUT2D eigenvalue weighted by molar-refractivity contribution is -0.142. The average molecular weight is 482 g/mol.